The molecule has 0 amide bonds. The Morgan fingerprint density at radius 3 is 2.47 bits per heavy atom. The molecule has 0 atom stereocenters. The maximum absolute atomic E-state index is 5.81. The third-order valence-corrected chi connectivity index (χ3v) is 1.83. The lowest BCUT2D eigenvalue weighted by molar-refractivity contribution is 0.123. The van der Waals surface area contributed by atoms with Crippen molar-refractivity contribution in [1.29, 1.82) is 0 Å². The van der Waals surface area contributed by atoms with Crippen LogP contribution in [-0.4, -0.2) is 17.2 Å². The normalized spacial score (nSPS) is 11.6. The van der Waals surface area contributed by atoms with Crippen molar-refractivity contribution in [3.8, 4) is 11.8 Å². The predicted molar refractivity (Wildman–Crippen MR) is 69.4 cm³/mol. The van der Waals surface area contributed by atoms with E-state index in [-0.39, 0.29) is 5.60 Å². The minimum Gasteiger partial charge on any atom is -0.477 e. The number of rotatable bonds is 4. The van der Waals surface area contributed by atoms with Crippen molar-refractivity contribution in [2.24, 2.45) is 5.92 Å². The van der Waals surface area contributed by atoms with Gasteiger partial charge in [0.15, 0.2) is 0 Å². The number of ether oxygens (including phenoxy) is 2. The van der Waals surface area contributed by atoms with Crippen LogP contribution in [-0.2, 0) is 0 Å². The molecule has 0 aromatic carbocycles. The highest BCUT2D eigenvalue weighted by Gasteiger charge is 2.15. The van der Waals surface area contributed by atoms with Crippen LogP contribution in [0.2, 0.25) is 0 Å². The van der Waals surface area contributed by atoms with Gasteiger partial charge in [0.1, 0.15) is 5.60 Å². The number of pyridine rings is 1. The quantitative estimate of drug-likeness (QED) is 0.876. The van der Waals surface area contributed by atoms with Gasteiger partial charge in [-0.1, -0.05) is 13.8 Å². The van der Waals surface area contributed by atoms with Gasteiger partial charge in [-0.3, -0.25) is 0 Å². The molecule has 0 fully saturated rings. The van der Waals surface area contributed by atoms with Crippen molar-refractivity contribution in [3.05, 3.63) is 12.1 Å². The van der Waals surface area contributed by atoms with Gasteiger partial charge in [0.2, 0.25) is 11.8 Å². The Morgan fingerprint density at radius 1 is 1.29 bits per heavy atom. The molecular formula is C13H22N2O2. The molecular weight excluding hydrogens is 216 g/mol. The van der Waals surface area contributed by atoms with Gasteiger partial charge < -0.3 is 15.2 Å². The Morgan fingerprint density at radius 2 is 1.94 bits per heavy atom. The number of aromatic nitrogens is 1. The molecule has 1 rings (SSSR count). The van der Waals surface area contributed by atoms with Crippen LogP contribution in [0.15, 0.2) is 12.1 Å². The average molecular weight is 238 g/mol. The topological polar surface area (TPSA) is 57.4 Å². The molecule has 96 valence electrons. The maximum Gasteiger partial charge on any atom is 0.241 e. The van der Waals surface area contributed by atoms with E-state index in [0.717, 1.165) is 0 Å². The lowest BCUT2D eigenvalue weighted by Crippen LogP contribution is -2.24. The SMILES string of the molecule is CC(C)COc1ccc(N)c(OC(C)(C)C)n1. The molecule has 1 aromatic rings. The number of nitrogens with two attached hydrogens (primary N) is 1. The molecule has 0 saturated heterocycles. The second kappa shape index (κ2) is 5.25. The van der Waals surface area contributed by atoms with Crippen molar-refractivity contribution >= 4 is 5.69 Å². The maximum atomic E-state index is 5.81. The second-order valence-corrected chi connectivity index (χ2v) is 5.46. The van der Waals surface area contributed by atoms with Crippen LogP contribution in [0, 0.1) is 5.92 Å². The predicted octanol–water partition coefficient (Wildman–Crippen LogP) is 2.88. The van der Waals surface area contributed by atoms with Crippen molar-refractivity contribution in [3.63, 3.8) is 0 Å². The molecule has 4 nitrogen and oxygen atoms in total. The third-order valence-electron chi connectivity index (χ3n) is 1.83. The van der Waals surface area contributed by atoms with E-state index in [4.69, 9.17) is 15.2 Å². The van der Waals surface area contributed by atoms with E-state index >= 15 is 0 Å². The standard InChI is InChI=1S/C13H22N2O2/c1-9(2)8-16-11-7-6-10(14)12(15-11)17-13(3,4)5/h6-7,9H,8,14H2,1-5H3. The van der Waals surface area contributed by atoms with Crippen LogP contribution in [0.5, 0.6) is 11.8 Å². The molecule has 1 aromatic heterocycles. The van der Waals surface area contributed by atoms with Gasteiger partial charge in [0.05, 0.1) is 12.3 Å². The summed E-state index contributed by atoms with van der Waals surface area (Å²) in [6, 6.07) is 3.51. The number of hydrogen-bond donors (Lipinski definition) is 1. The minimum atomic E-state index is -0.322. The fraction of sp³-hybridized carbons (Fsp3) is 0.615. The highest BCUT2D eigenvalue weighted by molar-refractivity contribution is 5.49. The molecule has 0 spiro atoms. The van der Waals surface area contributed by atoms with Gasteiger partial charge >= 0.3 is 0 Å². The second-order valence-electron chi connectivity index (χ2n) is 5.46. The van der Waals surface area contributed by atoms with Crippen molar-refractivity contribution in [1.82, 2.24) is 4.98 Å². The van der Waals surface area contributed by atoms with Crippen LogP contribution in [0.4, 0.5) is 5.69 Å². The molecule has 2 N–H and O–H groups in total. The van der Waals surface area contributed by atoms with Gasteiger partial charge in [-0.05, 0) is 32.8 Å². The van der Waals surface area contributed by atoms with Crippen LogP contribution in [0.1, 0.15) is 34.6 Å². The minimum absolute atomic E-state index is 0.322. The average Bonchev–Trinajstić information content (AvgIpc) is 2.17. The molecule has 4 heteroatoms. The zero-order valence-electron chi connectivity index (χ0n) is 11.3. The van der Waals surface area contributed by atoms with E-state index in [0.29, 0.717) is 30.0 Å². The lowest BCUT2D eigenvalue weighted by atomic mass is 10.2. The van der Waals surface area contributed by atoms with Crippen LogP contribution >= 0.6 is 0 Å². The molecule has 0 saturated carbocycles. The summed E-state index contributed by atoms with van der Waals surface area (Å²) in [5.41, 5.74) is 6.01. The van der Waals surface area contributed by atoms with E-state index < -0.39 is 0 Å². The van der Waals surface area contributed by atoms with E-state index in [9.17, 15) is 0 Å². The number of anilines is 1. The van der Waals surface area contributed by atoms with Gasteiger partial charge in [0.25, 0.3) is 0 Å². The molecule has 0 radical (unpaired) electrons. The first-order chi connectivity index (χ1) is 7.78. The first-order valence-electron chi connectivity index (χ1n) is 5.86. The summed E-state index contributed by atoms with van der Waals surface area (Å²) in [5, 5.41) is 0. The summed E-state index contributed by atoms with van der Waals surface area (Å²) in [4.78, 5) is 4.26. The largest absolute Gasteiger partial charge is 0.477 e. The fourth-order valence-electron chi connectivity index (χ4n) is 1.14. The van der Waals surface area contributed by atoms with E-state index in [1.807, 2.05) is 20.8 Å². The van der Waals surface area contributed by atoms with Crippen LogP contribution in [0.3, 0.4) is 0 Å². The summed E-state index contributed by atoms with van der Waals surface area (Å²) in [6.45, 7) is 10.7. The molecule has 0 unspecified atom stereocenters. The van der Waals surface area contributed by atoms with Crippen molar-refractivity contribution in [2.75, 3.05) is 12.3 Å². The Balaban J connectivity index is 2.79. The zero-order valence-corrected chi connectivity index (χ0v) is 11.3. The Hall–Kier alpha value is -1.45. The van der Waals surface area contributed by atoms with Crippen molar-refractivity contribution < 1.29 is 9.47 Å². The first kappa shape index (κ1) is 13.6. The summed E-state index contributed by atoms with van der Waals surface area (Å²) in [6.07, 6.45) is 0. The Labute approximate surface area is 103 Å². The summed E-state index contributed by atoms with van der Waals surface area (Å²) < 4.78 is 11.2. The number of nitrogens with zero attached hydrogens (tertiary/aromatic N) is 1. The van der Waals surface area contributed by atoms with Gasteiger partial charge in [-0.25, -0.2) is 0 Å². The smallest absolute Gasteiger partial charge is 0.241 e. The number of nitrogen functional groups attached to an aromatic ring is 1. The van der Waals surface area contributed by atoms with Crippen LogP contribution in [0.25, 0.3) is 0 Å². The highest BCUT2D eigenvalue weighted by atomic mass is 16.5. The zero-order chi connectivity index (χ0) is 13.1. The molecule has 0 aliphatic carbocycles. The molecule has 0 bridgehead atoms. The summed E-state index contributed by atoms with van der Waals surface area (Å²) >= 11 is 0. The lowest BCUT2D eigenvalue weighted by Gasteiger charge is -2.21. The molecule has 17 heavy (non-hydrogen) atoms. The van der Waals surface area contributed by atoms with Gasteiger partial charge in [-0.15, -0.1) is 0 Å². The summed E-state index contributed by atoms with van der Waals surface area (Å²) in [7, 11) is 0. The Bertz CT molecular complexity index is 370. The first-order valence-corrected chi connectivity index (χ1v) is 5.86. The fourth-order valence-corrected chi connectivity index (χ4v) is 1.14. The Kier molecular flexibility index (Phi) is 4.21. The summed E-state index contributed by atoms with van der Waals surface area (Å²) in [5.74, 6) is 1.44. The van der Waals surface area contributed by atoms with Crippen LogP contribution < -0.4 is 15.2 Å². The van der Waals surface area contributed by atoms with E-state index in [1.165, 1.54) is 0 Å². The van der Waals surface area contributed by atoms with Crippen molar-refractivity contribution in [2.45, 2.75) is 40.2 Å². The van der Waals surface area contributed by atoms with E-state index in [2.05, 4.69) is 18.8 Å². The number of hydrogen-bond acceptors (Lipinski definition) is 4. The third kappa shape index (κ3) is 4.93. The highest BCUT2D eigenvalue weighted by Crippen LogP contribution is 2.25. The van der Waals surface area contributed by atoms with E-state index in [1.54, 1.807) is 12.1 Å². The van der Waals surface area contributed by atoms with Gasteiger partial charge in [-0.2, -0.15) is 4.98 Å². The monoisotopic (exact) mass is 238 g/mol. The van der Waals surface area contributed by atoms with Gasteiger partial charge in [0, 0.05) is 6.07 Å². The molecule has 0 aliphatic rings. The molecule has 1 heterocycles. The molecule has 0 aliphatic heterocycles.